The number of carbonyl (C=O) groups is 2. The standard InChI is InChI=1S/C21H29N5O2/c1-15(27)22-10-12-26-21-18(7-4-9-23-21)20(24-26)17-8-11-25(14-17)19(28)13-16-5-2-3-6-16/h4,7,9,16-17H,2-3,5-6,8,10-14H2,1H3,(H,22,27)/t17-/m0/s1. The summed E-state index contributed by atoms with van der Waals surface area (Å²) < 4.78 is 1.88. The second-order valence-electron chi connectivity index (χ2n) is 8.15. The molecule has 1 saturated carbocycles. The number of carbonyl (C=O) groups excluding carboxylic acids is 2. The van der Waals surface area contributed by atoms with Crippen molar-refractivity contribution in [3.63, 3.8) is 0 Å². The molecule has 1 atom stereocenters. The van der Waals surface area contributed by atoms with Gasteiger partial charge < -0.3 is 10.2 Å². The van der Waals surface area contributed by atoms with Crippen LogP contribution in [-0.2, 0) is 16.1 Å². The first-order chi connectivity index (χ1) is 13.6. The second-order valence-corrected chi connectivity index (χ2v) is 8.15. The largest absolute Gasteiger partial charge is 0.354 e. The summed E-state index contributed by atoms with van der Waals surface area (Å²) in [6.07, 6.45) is 8.39. The predicted octanol–water partition coefficient (Wildman–Crippen LogP) is 2.46. The van der Waals surface area contributed by atoms with E-state index in [1.807, 2.05) is 15.6 Å². The van der Waals surface area contributed by atoms with Crippen LogP contribution in [0.1, 0.15) is 57.1 Å². The lowest BCUT2D eigenvalue weighted by molar-refractivity contribution is -0.131. The van der Waals surface area contributed by atoms with E-state index in [0.717, 1.165) is 36.2 Å². The maximum Gasteiger partial charge on any atom is 0.222 e. The Morgan fingerprint density at radius 3 is 2.86 bits per heavy atom. The van der Waals surface area contributed by atoms with Gasteiger partial charge >= 0.3 is 0 Å². The molecule has 3 heterocycles. The Labute approximate surface area is 165 Å². The van der Waals surface area contributed by atoms with Gasteiger partial charge in [-0.1, -0.05) is 12.8 Å². The number of pyridine rings is 1. The van der Waals surface area contributed by atoms with E-state index in [4.69, 9.17) is 5.10 Å². The van der Waals surface area contributed by atoms with E-state index >= 15 is 0 Å². The first-order valence-corrected chi connectivity index (χ1v) is 10.5. The third-order valence-electron chi connectivity index (χ3n) is 6.10. The third-order valence-corrected chi connectivity index (χ3v) is 6.10. The number of fused-ring (bicyclic) bond motifs is 1. The molecule has 1 aliphatic heterocycles. The highest BCUT2D eigenvalue weighted by Gasteiger charge is 2.32. The van der Waals surface area contributed by atoms with E-state index in [2.05, 4.69) is 16.4 Å². The van der Waals surface area contributed by atoms with Crippen LogP contribution in [0.4, 0.5) is 0 Å². The summed E-state index contributed by atoms with van der Waals surface area (Å²) in [5.41, 5.74) is 1.88. The minimum absolute atomic E-state index is 0.0446. The van der Waals surface area contributed by atoms with E-state index in [9.17, 15) is 9.59 Å². The Hall–Kier alpha value is -2.44. The van der Waals surface area contributed by atoms with Crippen LogP contribution in [0.3, 0.4) is 0 Å². The van der Waals surface area contributed by atoms with Gasteiger partial charge in [0.15, 0.2) is 5.65 Å². The SMILES string of the molecule is CC(=O)NCCn1nc([C@H]2CCN(C(=O)CC3CCCC3)C2)c2cccnc21. The van der Waals surface area contributed by atoms with Crippen molar-refractivity contribution >= 4 is 22.8 Å². The molecular formula is C21H29N5O2. The fourth-order valence-electron chi connectivity index (χ4n) is 4.63. The summed E-state index contributed by atoms with van der Waals surface area (Å²) in [4.78, 5) is 30.4. The number of nitrogens with one attached hydrogen (secondary N) is 1. The summed E-state index contributed by atoms with van der Waals surface area (Å²) in [5, 5.41) is 8.70. The van der Waals surface area contributed by atoms with E-state index in [-0.39, 0.29) is 11.8 Å². The van der Waals surface area contributed by atoms with E-state index < -0.39 is 0 Å². The molecule has 0 bridgehead atoms. The zero-order valence-corrected chi connectivity index (χ0v) is 16.6. The summed E-state index contributed by atoms with van der Waals surface area (Å²) in [7, 11) is 0. The summed E-state index contributed by atoms with van der Waals surface area (Å²) >= 11 is 0. The van der Waals surface area contributed by atoms with E-state index in [1.54, 1.807) is 6.20 Å². The zero-order valence-electron chi connectivity index (χ0n) is 16.6. The number of amides is 2. The van der Waals surface area contributed by atoms with Gasteiger partial charge in [0.05, 0.1) is 12.2 Å². The van der Waals surface area contributed by atoms with Crippen molar-refractivity contribution in [1.82, 2.24) is 25.0 Å². The Kier molecular flexibility index (Phi) is 5.59. The van der Waals surface area contributed by atoms with Crippen LogP contribution in [0.5, 0.6) is 0 Å². The zero-order chi connectivity index (χ0) is 19.5. The molecule has 2 amide bonds. The lowest BCUT2D eigenvalue weighted by Crippen LogP contribution is -2.29. The number of likely N-dealkylation sites (tertiary alicyclic amines) is 1. The molecule has 2 fully saturated rings. The molecule has 2 aromatic heterocycles. The molecular weight excluding hydrogens is 354 g/mol. The predicted molar refractivity (Wildman–Crippen MR) is 107 cm³/mol. The van der Waals surface area contributed by atoms with Crippen molar-refractivity contribution in [1.29, 1.82) is 0 Å². The summed E-state index contributed by atoms with van der Waals surface area (Å²) in [6, 6.07) is 3.99. The first-order valence-electron chi connectivity index (χ1n) is 10.5. The minimum Gasteiger partial charge on any atom is -0.354 e. The number of hydrogen-bond acceptors (Lipinski definition) is 4. The summed E-state index contributed by atoms with van der Waals surface area (Å²) in [6.45, 7) is 4.19. The van der Waals surface area contributed by atoms with Gasteiger partial charge in [-0.05, 0) is 37.3 Å². The molecule has 2 aromatic rings. The van der Waals surface area contributed by atoms with Gasteiger partial charge in [-0.3, -0.25) is 9.59 Å². The van der Waals surface area contributed by atoms with Crippen molar-refractivity contribution in [3.05, 3.63) is 24.0 Å². The van der Waals surface area contributed by atoms with Crippen molar-refractivity contribution in [2.75, 3.05) is 19.6 Å². The highest BCUT2D eigenvalue weighted by Crippen LogP contribution is 2.33. The van der Waals surface area contributed by atoms with Gasteiger partial charge in [0.2, 0.25) is 11.8 Å². The average Bonchev–Trinajstić information content (AvgIpc) is 3.41. The van der Waals surface area contributed by atoms with Crippen molar-refractivity contribution < 1.29 is 9.59 Å². The molecule has 1 aliphatic carbocycles. The van der Waals surface area contributed by atoms with Crippen molar-refractivity contribution in [3.8, 4) is 0 Å². The molecule has 1 saturated heterocycles. The molecule has 7 nitrogen and oxygen atoms in total. The van der Waals surface area contributed by atoms with Crippen LogP contribution in [0.25, 0.3) is 11.0 Å². The van der Waals surface area contributed by atoms with Crippen LogP contribution in [0.15, 0.2) is 18.3 Å². The highest BCUT2D eigenvalue weighted by molar-refractivity contribution is 5.80. The van der Waals surface area contributed by atoms with Crippen molar-refractivity contribution in [2.45, 2.75) is 57.9 Å². The molecule has 7 heteroatoms. The second kappa shape index (κ2) is 8.29. The number of aromatic nitrogens is 3. The molecule has 0 radical (unpaired) electrons. The average molecular weight is 383 g/mol. The number of rotatable bonds is 6. The van der Waals surface area contributed by atoms with Crippen LogP contribution < -0.4 is 5.32 Å². The Balaban J connectivity index is 1.46. The maximum atomic E-state index is 12.7. The van der Waals surface area contributed by atoms with Crippen LogP contribution in [-0.4, -0.2) is 51.1 Å². The number of hydrogen-bond donors (Lipinski definition) is 1. The first kappa shape index (κ1) is 18.9. The van der Waals surface area contributed by atoms with Crippen LogP contribution in [0.2, 0.25) is 0 Å². The minimum atomic E-state index is -0.0446. The number of nitrogens with zero attached hydrogens (tertiary/aromatic N) is 4. The molecule has 0 unspecified atom stereocenters. The van der Waals surface area contributed by atoms with E-state index in [0.29, 0.717) is 31.3 Å². The van der Waals surface area contributed by atoms with Gasteiger partial charge in [-0.15, -0.1) is 0 Å². The molecule has 0 spiro atoms. The molecule has 1 N–H and O–H groups in total. The van der Waals surface area contributed by atoms with Crippen molar-refractivity contribution in [2.24, 2.45) is 5.92 Å². The smallest absolute Gasteiger partial charge is 0.222 e. The fourth-order valence-corrected chi connectivity index (χ4v) is 4.63. The monoisotopic (exact) mass is 383 g/mol. The van der Waals surface area contributed by atoms with Crippen LogP contribution >= 0.6 is 0 Å². The Morgan fingerprint density at radius 2 is 2.07 bits per heavy atom. The third kappa shape index (κ3) is 4.03. The molecule has 28 heavy (non-hydrogen) atoms. The van der Waals surface area contributed by atoms with Gasteiger partial charge in [-0.25, -0.2) is 9.67 Å². The van der Waals surface area contributed by atoms with Gasteiger partial charge in [-0.2, -0.15) is 5.10 Å². The summed E-state index contributed by atoms with van der Waals surface area (Å²) in [5.74, 6) is 1.10. The Bertz CT molecular complexity index is 856. The lowest BCUT2D eigenvalue weighted by Gasteiger charge is -2.18. The van der Waals surface area contributed by atoms with E-state index in [1.165, 1.54) is 32.6 Å². The van der Waals surface area contributed by atoms with Gasteiger partial charge in [0.1, 0.15) is 0 Å². The van der Waals surface area contributed by atoms with Gasteiger partial charge in [0.25, 0.3) is 0 Å². The Morgan fingerprint density at radius 1 is 1.25 bits per heavy atom. The molecule has 0 aromatic carbocycles. The fraction of sp³-hybridized carbons (Fsp3) is 0.619. The quantitative estimate of drug-likeness (QED) is 0.831. The highest BCUT2D eigenvalue weighted by atomic mass is 16.2. The van der Waals surface area contributed by atoms with Gasteiger partial charge in [0, 0.05) is 50.5 Å². The topological polar surface area (TPSA) is 80.1 Å². The van der Waals surface area contributed by atoms with Crippen LogP contribution in [0, 0.1) is 5.92 Å². The lowest BCUT2D eigenvalue weighted by atomic mass is 10.0. The molecule has 150 valence electrons. The maximum absolute atomic E-state index is 12.7. The normalized spacial score (nSPS) is 20.2. The molecule has 4 rings (SSSR count). The molecule has 2 aliphatic rings.